The van der Waals surface area contributed by atoms with Gasteiger partial charge in [-0.15, -0.1) is 0 Å². The zero-order valence-electron chi connectivity index (χ0n) is 6.28. The maximum atomic E-state index is 3.46. The van der Waals surface area contributed by atoms with E-state index >= 15 is 0 Å². The molecule has 1 atom stereocenters. The molecule has 0 aromatic heterocycles. The summed E-state index contributed by atoms with van der Waals surface area (Å²) in [6.07, 6.45) is 2.76. The molecule has 0 spiro atoms. The standard InChI is InChI=1S/C7H15N.H2S/c1-6(2)7-4-3-5-8-7;/h6-8H,3-5H2,1-2H3;1H2. The second-order valence-corrected chi connectivity index (χ2v) is 2.95. The fourth-order valence-corrected chi connectivity index (χ4v) is 1.28. The normalized spacial score (nSPS) is 26.3. The minimum absolute atomic E-state index is 0. The molecule has 0 aromatic rings. The predicted molar refractivity (Wildman–Crippen MR) is 46.2 cm³/mol. The highest BCUT2D eigenvalue weighted by atomic mass is 32.1. The molecule has 1 aliphatic rings. The lowest BCUT2D eigenvalue weighted by Gasteiger charge is -2.12. The van der Waals surface area contributed by atoms with E-state index in [0.717, 1.165) is 12.0 Å². The second-order valence-electron chi connectivity index (χ2n) is 2.95. The fourth-order valence-electron chi connectivity index (χ4n) is 1.28. The molecule has 0 amide bonds. The van der Waals surface area contributed by atoms with E-state index in [4.69, 9.17) is 0 Å². The van der Waals surface area contributed by atoms with Crippen LogP contribution in [-0.4, -0.2) is 12.6 Å². The third kappa shape index (κ3) is 2.59. The molecule has 1 heterocycles. The van der Waals surface area contributed by atoms with Crippen LogP contribution in [0.1, 0.15) is 26.7 Å². The molecule has 0 aliphatic carbocycles. The lowest BCUT2D eigenvalue weighted by atomic mass is 10.0. The van der Waals surface area contributed by atoms with E-state index < -0.39 is 0 Å². The Labute approximate surface area is 64.7 Å². The number of hydrogen-bond donors (Lipinski definition) is 1. The van der Waals surface area contributed by atoms with Gasteiger partial charge in [-0.25, -0.2) is 0 Å². The van der Waals surface area contributed by atoms with Crippen LogP contribution in [0, 0.1) is 5.92 Å². The van der Waals surface area contributed by atoms with Crippen LogP contribution < -0.4 is 5.32 Å². The molecule has 0 saturated carbocycles. The Morgan fingerprint density at radius 2 is 2.11 bits per heavy atom. The Balaban J connectivity index is 0.000000640. The molecule has 0 radical (unpaired) electrons. The van der Waals surface area contributed by atoms with Gasteiger partial charge < -0.3 is 5.32 Å². The highest BCUT2D eigenvalue weighted by molar-refractivity contribution is 7.59. The topological polar surface area (TPSA) is 12.0 Å². The lowest BCUT2D eigenvalue weighted by molar-refractivity contribution is 0.452. The Bertz CT molecular complexity index is 67.3. The first-order valence-electron chi connectivity index (χ1n) is 3.54. The molecule has 1 nitrogen and oxygen atoms in total. The minimum atomic E-state index is 0. The molecule has 1 saturated heterocycles. The molecule has 1 rings (SSSR count). The van der Waals surface area contributed by atoms with Gasteiger partial charge in [0.2, 0.25) is 0 Å². The zero-order chi connectivity index (χ0) is 5.98. The van der Waals surface area contributed by atoms with E-state index in [0.29, 0.717) is 0 Å². The fraction of sp³-hybridized carbons (Fsp3) is 1.00. The smallest absolute Gasteiger partial charge is 0.00905 e. The molecular formula is C7H17NS. The highest BCUT2D eigenvalue weighted by Gasteiger charge is 2.16. The molecule has 0 aromatic carbocycles. The molecule has 1 fully saturated rings. The van der Waals surface area contributed by atoms with Crippen molar-refractivity contribution >= 4 is 13.5 Å². The quantitative estimate of drug-likeness (QED) is 0.593. The first kappa shape index (κ1) is 9.31. The van der Waals surface area contributed by atoms with Crippen LogP contribution in [0.5, 0.6) is 0 Å². The summed E-state index contributed by atoms with van der Waals surface area (Å²) in [5, 5.41) is 3.46. The first-order chi connectivity index (χ1) is 3.80. The van der Waals surface area contributed by atoms with Crippen molar-refractivity contribution in [2.45, 2.75) is 32.7 Å². The SMILES string of the molecule is CC(C)C1CCCN1.S. The Hall–Kier alpha value is 0.310. The Morgan fingerprint density at radius 1 is 1.44 bits per heavy atom. The molecule has 9 heavy (non-hydrogen) atoms. The van der Waals surface area contributed by atoms with Crippen molar-refractivity contribution < 1.29 is 0 Å². The van der Waals surface area contributed by atoms with Crippen LogP contribution >= 0.6 is 13.5 Å². The van der Waals surface area contributed by atoms with Gasteiger partial charge in [-0.3, -0.25) is 0 Å². The first-order valence-corrected chi connectivity index (χ1v) is 3.54. The summed E-state index contributed by atoms with van der Waals surface area (Å²) in [5.74, 6) is 0.831. The van der Waals surface area contributed by atoms with Gasteiger partial charge in [0.25, 0.3) is 0 Å². The van der Waals surface area contributed by atoms with E-state index in [2.05, 4.69) is 19.2 Å². The summed E-state index contributed by atoms with van der Waals surface area (Å²) < 4.78 is 0. The van der Waals surface area contributed by atoms with E-state index in [1.165, 1.54) is 19.4 Å². The van der Waals surface area contributed by atoms with Crippen molar-refractivity contribution in [1.82, 2.24) is 5.32 Å². The van der Waals surface area contributed by atoms with Gasteiger partial charge in [-0.2, -0.15) is 13.5 Å². The summed E-state index contributed by atoms with van der Waals surface area (Å²) >= 11 is 0. The molecule has 56 valence electrons. The predicted octanol–water partition coefficient (Wildman–Crippen LogP) is 1.51. The van der Waals surface area contributed by atoms with Gasteiger partial charge in [0.15, 0.2) is 0 Å². The molecule has 1 aliphatic heterocycles. The molecule has 1 N–H and O–H groups in total. The van der Waals surface area contributed by atoms with Gasteiger partial charge in [-0.05, 0) is 25.3 Å². The van der Waals surface area contributed by atoms with Gasteiger partial charge in [-0.1, -0.05) is 13.8 Å². The van der Waals surface area contributed by atoms with Crippen molar-refractivity contribution in [2.24, 2.45) is 5.92 Å². The van der Waals surface area contributed by atoms with Crippen molar-refractivity contribution in [1.29, 1.82) is 0 Å². The van der Waals surface area contributed by atoms with E-state index in [-0.39, 0.29) is 13.5 Å². The van der Waals surface area contributed by atoms with Crippen LogP contribution in [-0.2, 0) is 0 Å². The highest BCUT2D eigenvalue weighted by Crippen LogP contribution is 2.12. The van der Waals surface area contributed by atoms with Crippen molar-refractivity contribution in [3.05, 3.63) is 0 Å². The monoisotopic (exact) mass is 147 g/mol. The zero-order valence-corrected chi connectivity index (χ0v) is 7.28. The van der Waals surface area contributed by atoms with Crippen LogP contribution in [0.3, 0.4) is 0 Å². The van der Waals surface area contributed by atoms with Crippen LogP contribution in [0.15, 0.2) is 0 Å². The Kier molecular flexibility index (Phi) is 4.32. The molecular weight excluding hydrogens is 130 g/mol. The summed E-state index contributed by atoms with van der Waals surface area (Å²) in [4.78, 5) is 0. The maximum Gasteiger partial charge on any atom is 0.00905 e. The van der Waals surface area contributed by atoms with Crippen LogP contribution in [0.4, 0.5) is 0 Å². The van der Waals surface area contributed by atoms with Crippen molar-refractivity contribution in [2.75, 3.05) is 6.54 Å². The number of hydrogen-bond acceptors (Lipinski definition) is 1. The second kappa shape index (κ2) is 4.18. The lowest BCUT2D eigenvalue weighted by Crippen LogP contribution is -2.26. The Morgan fingerprint density at radius 3 is 2.33 bits per heavy atom. The third-order valence-corrected chi connectivity index (χ3v) is 1.90. The molecule has 1 unspecified atom stereocenters. The van der Waals surface area contributed by atoms with E-state index in [1.807, 2.05) is 0 Å². The van der Waals surface area contributed by atoms with Gasteiger partial charge in [0.05, 0.1) is 0 Å². The largest absolute Gasteiger partial charge is 0.314 e. The molecule has 2 heteroatoms. The van der Waals surface area contributed by atoms with Crippen LogP contribution in [0.25, 0.3) is 0 Å². The number of rotatable bonds is 1. The van der Waals surface area contributed by atoms with Crippen LogP contribution in [0.2, 0.25) is 0 Å². The van der Waals surface area contributed by atoms with E-state index in [1.54, 1.807) is 0 Å². The average molecular weight is 147 g/mol. The molecule has 0 bridgehead atoms. The van der Waals surface area contributed by atoms with Gasteiger partial charge in [0.1, 0.15) is 0 Å². The number of nitrogens with one attached hydrogen (secondary N) is 1. The van der Waals surface area contributed by atoms with Gasteiger partial charge >= 0.3 is 0 Å². The summed E-state index contributed by atoms with van der Waals surface area (Å²) in [6, 6.07) is 0.815. The third-order valence-electron chi connectivity index (χ3n) is 1.90. The van der Waals surface area contributed by atoms with E-state index in [9.17, 15) is 0 Å². The average Bonchev–Trinajstić information content (AvgIpc) is 2.12. The van der Waals surface area contributed by atoms with Crippen molar-refractivity contribution in [3.63, 3.8) is 0 Å². The summed E-state index contributed by atoms with van der Waals surface area (Å²) in [7, 11) is 0. The van der Waals surface area contributed by atoms with Crippen molar-refractivity contribution in [3.8, 4) is 0 Å². The maximum absolute atomic E-state index is 3.46. The summed E-state index contributed by atoms with van der Waals surface area (Å²) in [5.41, 5.74) is 0. The minimum Gasteiger partial charge on any atom is -0.314 e. The van der Waals surface area contributed by atoms with Gasteiger partial charge in [0, 0.05) is 6.04 Å². The summed E-state index contributed by atoms with van der Waals surface area (Å²) in [6.45, 7) is 5.80.